The molecule has 3 heteroatoms. The average molecular weight is 277 g/mol. The Balaban J connectivity index is 2.13. The quantitative estimate of drug-likeness (QED) is 0.814. The van der Waals surface area contributed by atoms with E-state index in [9.17, 15) is 0 Å². The van der Waals surface area contributed by atoms with Gasteiger partial charge >= 0.3 is 0 Å². The van der Waals surface area contributed by atoms with E-state index in [0.29, 0.717) is 6.04 Å². The molecule has 1 aromatic rings. The third-order valence-corrected chi connectivity index (χ3v) is 3.60. The molecule has 0 amide bonds. The zero-order chi connectivity index (χ0) is 14.2. The fourth-order valence-electron chi connectivity index (χ4n) is 2.53. The summed E-state index contributed by atoms with van der Waals surface area (Å²) in [6, 6.07) is 6.86. The van der Waals surface area contributed by atoms with E-state index in [2.05, 4.69) is 37.4 Å². The van der Waals surface area contributed by atoms with Gasteiger partial charge in [-0.15, -0.1) is 0 Å². The molecule has 1 aliphatic rings. The van der Waals surface area contributed by atoms with Crippen LogP contribution in [0, 0.1) is 0 Å². The van der Waals surface area contributed by atoms with Gasteiger partial charge in [-0.2, -0.15) is 0 Å². The van der Waals surface area contributed by atoms with Crippen molar-refractivity contribution < 1.29 is 9.47 Å². The van der Waals surface area contributed by atoms with Crippen LogP contribution >= 0.6 is 0 Å². The van der Waals surface area contributed by atoms with Crippen molar-refractivity contribution >= 4 is 0 Å². The summed E-state index contributed by atoms with van der Waals surface area (Å²) in [5, 5.41) is 3.58. The minimum absolute atomic E-state index is 0.466. The highest BCUT2D eigenvalue weighted by atomic mass is 16.5. The molecule has 0 aliphatic carbocycles. The van der Waals surface area contributed by atoms with Crippen LogP contribution in [0.3, 0.4) is 0 Å². The van der Waals surface area contributed by atoms with Crippen LogP contribution in [-0.4, -0.2) is 19.8 Å². The molecule has 0 aromatic heterocycles. The van der Waals surface area contributed by atoms with E-state index in [1.54, 1.807) is 0 Å². The molecule has 1 saturated heterocycles. The molecule has 1 heterocycles. The standard InChI is InChI=1S/C17H27NO2/c1-3-11-19-16-9-8-14(13-17(16)20-12-4-2)15-7-5-6-10-18-15/h8-9,13,15,18H,3-7,10-12H2,1-2H3. The van der Waals surface area contributed by atoms with Crippen molar-refractivity contribution in [1.82, 2.24) is 5.32 Å². The molecular weight excluding hydrogens is 250 g/mol. The van der Waals surface area contributed by atoms with E-state index < -0.39 is 0 Å². The lowest BCUT2D eigenvalue weighted by molar-refractivity contribution is 0.267. The van der Waals surface area contributed by atoms with Crippen molar-refractivity contribution in [3.05, 3.63) is 23.8 Å². The lowest BCUT2D eigenvalue weighted by atomic mass is 9.97. The molecule has 1 aromatic carbocycles. The Morgan fingerprint density at radius 3 is 2.45 bits per heavy atom. The van der Waals surface area contributed by atoms with Crippen LogP contribution in [0.4, 0.5) is 0 Å². The second kappa shape index (κ2) is 8.15. The molecule has 3 nitrogen and oxygen atoms in total. The van der Waals surface area contributed by atoms with Crippen LogP contribution < -0.4 is 14.8 Å². The molecule has 0 radical (unpaired) electrons. The number of rotatable bonds is 7. The van der Waals surface area contributed by atoms with Crippen molar-refractivity contribution in [2.75, 3.05) is 19.8 Å². The SMILES string of the molecule is CCCOc1ccc(C2CCCCN2)cc1OCCC. The Bertz CT molecular complexity index is 400. The van der Waals surface area contributed by atoms with Crippen LogP contribution in [-0.2, 0) is 0 Å². The summed E-state index contributed by atoms with van der Waals surface area (Å²) in [7, 11) is 0. The Morgan fingerprint density at radius 1 is 1.05 bits per heavy atom. The van der Waals surface area contributed by atoms with Gasteiger partial charge in [0.2, 0.25) is 0 Å². The summed E-state index contributed by atoms with van der Waals surface area (Å²) in [6.07, 6.45) is 5.82. The van der Waals surface area contributed by atoms with Gasteiger partial charge < -0.3 is 14.8 Å². The summed E-state index contributed by atoms with van der Waals surface area (Å²) in [5.74, 6) is 1.77. The van der Waals surface area contributed by atoms with Gasteiger partial charge in [0.05, 0.1) is 13.2 Å². The number of benzene rings is 1. The van der Waals surface area contributed by atoms with Gasteiger partial charge in [-0.3, -0.25) is 0 Å². The summed E-state index contributed by atoms with van der Waals surface area (Å²) < 4.78 is 11.6. The summed E-state index contributed by atoms with van der Waals surface area (Å²) in [5.41, 5.74) is 1.32. The number of ether oxygens (including phenoxy) is 2. The van der Waals surface area contributed by atoms with Gasteiger partial charge in [-0.25, -0.2) is 0 Å². The Hall–Kier alpha value is -1.22. The maximum absolute atomic E-state index is 5.86. The van der Waals surface area contributed by atoms with Crippen molar-refractivity contribution in [3.8, 4) is 11.5 Å². The molecule has 1 N–H and O–H groups in total. The third-order valence-electron chi connectivity index (χ3n) is 3.60. The van der Waals surface area contributed by atoms with Gasteiger partial charge in [0.15, 0.2) is 11.5 Å². The maximum atomic E-state index is 5.86. The molecule has 112 valence electrons. The lowest BCUT2D eigenvalue weighted by Gasteiger charge is -2.24. The molecule has 1 fully saturated rings. The van der Waals surface area contributed by atoms with E-state index >= 15 is 0 Å². The Kier molecular flexibility index (Phi) is 6.19. The van der Waals surface area contributed by atoms with Crippen molar-refractivity contribution in [3.63, 3.8) is 0 Å². The number of hydrogen-bond donors (Lipinski definition) is 1. The molecule has 0 bridgehead atoms. The van der Waals surface area contributed by atoms with Crippen LogP contribution in [0.25, 0.3) is 0 Å². The first-order chi connectivity index (χ1) is 9.85. The molecule has 2 rings (SSSR count). The predicted octanol–water partition coefficient (Wildman–Crippen LogP) is 4.08. The van der Waals surface area contributed by atoms with Crippen LogP contribution in [0.15, 0.2) is 18.2 Å². The van der Waals surface area contributed by atoms with Crippen molar-refractivity contribution in [2.24, 2.45) is 0 Å². The lowest BCUT2D eigenvalue weighted by Crippen LogP contribution is -2.26. The Morgan fingerprint density at radius 2 is 1.80 bits per heavy atom. The Labute approximate surface area is 122 Å². The fourth-order valence-corrected chi connectivity index (χ4v) is 2.53. The normalized spacial score (nSPS) is 18.8. The topological polar surface area (TPSA) is 30.5 Å². The van der Waals surface area contributed by atoms with E-state index in [1.807, 2.05) is 0 Å². The molecule has 1 unspecified atom stereocenters. The van der Waals surface area contributed by atoms with E-state index in [0.717, 1.165) is 44.1 Å². The molecule has 1 atom stereocenters. The highest BCUT2D eigenvalue weighted by Crippen LogP contribution is 2.33. The van der Waals surface area contributed by atoms with Gasteiger partial charge in [-0.1, -0.05) is 26.3 Å². The van der Waals surface area contributed by atoms with Crippen molar-refractivity contribution in [2.45, 2.75) is 52.0 Å². The largest absolute Gasteiger partial charge is 0.490 e. The van der Waals surface area contributed by atoms with Crippen LogP contribution in [0.1, 0.15) is 57.6 Å². The highest BCUT2D eigenvalue weighted by molar-refractivity contribution is 5.44. The first-order valence-electron chi connectivity index (χ1n) is 7.98. The van der Waals surface area contributed by atoms with E-state index in [-0.39, 0.29) is 0 Å². The third kappa shape index (κ3) is 4.14. The minimum atomic E-state index is 0.466. The summed E-state index contributed by atoms with van der Waals surface area (Å²) >= 11 is 0. The van der Waals surface area contributed by atoms with E-state index in [1.165, 1.54) is 24.8 Å². The van der Waals surface area contributed by atoms with Gasteiger partial charge in [0, 0.05) is 6.04 Å². The van der Waals surface area contributed by atoms with Gasteiger partial charge in [0.25, 0.3) is 0 Å². The minimum Gasteiger partial charge on any atom is -0.490 e. The fraction of sp³-hybridized carbons (Fsp3) is 0.647. The zero-order valence-corrected chi connectivity index (χ0v) is 12.8. The molecule has 0 saturated carbocycles. The highest BCUT2D eigenvalue weighted by Gasteiger charge is 2.17. The first kappa shape index (κ1) is 15.2. The second-order valence-corrected chi connectivity index (χ2v) is 5.41. The number of piperidine rings is 1. The van der Waals surface area contributed by atoms with E-state index in [4.69, 9.17) is 9.47 Å². The smallest absolute Gasteiger partial charge is 0.161 e. The monoisotopic (exact) mass is 277 g/mol. The molecule has 0 spiro atoms. The molecular formula is C17H27NO2. The number of hydrogen-bond acceptors (Lipinski definition) is 3. The first-order valence-corrected chi connectivity index (χ1v) is 7.98. The average Bonchev–Trinajstić information content (AvgIpc) is 2.52. The maximum Gasteiger partial charge on any atom is 0.161 e. The molecule has 20 heavy (non-hydrogen) atoms. The number of nitrogens with one attached hydrogen (secondary N) is 1. The predicted molar refractivity (Wildman–Crippen MR) is 82.6 cm³/mol. The van der Waals surface area contributed by atoms with Crippen molar-refractivity contribution in [1.29, 1.82) is 0 Å². The van der Waals surface area contributed by atoms with Crippen LogP contribution in [0.5, 0.6) is 11.5 Å². The van der Waals surface area contributed by atoms with Gasteiger partial charge in [-0.05, 0) is 49.9 Å². The second-order valence-electron chi connectivity index (χ2n) is 5.41. The van der Waals surface area contributed by atoms with Gasteiger partial charge in [0.1, 0.15) is 0 Å². The zero-order valence-electron chi connectivity index (χ0n) is 12.8. The summed E-state index contributed by atoms with van der Waals surface area (Å²) in [4.78, 5) is 0. The summed E-state index contributed by atoms with van der Waals surface area (Å²) in [6.45, 7) is 6.84. The molecule has 1 aliphatic heterocycles. The van der Waals surface area contributed by atoms with Crippen LogP contribution in [0.2, 0.25) is 0 Å².